The van der Waals surface area contributed by atoms with Crippen molar-refractivity contribution in [3.63, 3.8) is 0 Å². The molecule has 1 fully saturated rings. The van der Waals surface area contributed by atoms with Gasteiger partial charge in [0.1, 0.15) is 18.1 Å². The summed E-state index contributed by atoms with van der Waals surface area (Å²) in [7, 11) is 0. The molecule has 0 unspecified atom stereocenters. The summed E-state index contributed by atoms with van der Waals surface area (Å²) in [4.78, 5) is 29.4. The number of amides is 1. The SMILES string of the molecule is O=C(OCCN(CCO)CCO)c1cccc(N2C(=O)/C(=C\c3ccc(-c4ccccc4Cl)o3)SC2=S)c1. The maximum absolute atomic E-state index is 13.2. The highest BCUT2D eigenvalue weighted by molar-refractivity contribution is 8.27. The molecule has 8 nitrogen and oxygen atoms in total. The number of nitrogens with zero attached hydrogens (tertiary/aromatic N) is 2. The summed E-state index contributed by atoms with van der Waals surface area (Å²) in [5, 5.41) is 18.8. The zero-order valence-electron chi connectivity index (χ0n) is 20.2. The van der Waals surface area contributed by atoms with Crippen molar-refractivity contribution in [3.8, 4) is 11.3 Å². The molecule has 1 aromatic heterocycles. The molecule has 1 aliphatic rings. The van der Waals surface area contributed by atoms with Crippen molar-refractivity contribution in [1.29, 1.82) is 0 Å². The number of thioether (sulfide) groups is 1. The summed E-state index contributed by atoms with van der Waals surface area (Å²) >= 11 is 12.9. The van der Waals surface area contributed by atoms with Crippen molar-refractivity contribution in [2.24, 2.45) is 0 Å². The highest BCUT2D eigenvalue weighted by atomic mass is 35.5. The van der Waals surface area contributed by atoms with Crippen LogP contribution in [-0.4, -0.2) is 70.8 Å². The van der Waals surface area contributed by atoms with Gasteiger partial charge in [0.05, 0.1) is 34.4 Å². The van der Waals surface area contributed by atoms with Gasteiger partial charge in [-0.3, -0.25) is 14.6 Å². The van der Waals surface area contributed by atoms with Crippen LogP contribution in [0.1, 0.15) is 16.1 Å². The fourth-order valence-corrected chi connectivity index (χ4v) is 5.30. The molecule has 3 aromatic rings. The number of esters is 1. The van der Waals surface area contributed by atoms with Crippen LogP contribution in [-0.2, 0) is 9.53 Å². The minimum absolute atomic E-state index is 0.0589. The van der Waals surface area contributed by atoms with E-state index in [4.69, 9.17) is 43.2 Å². The number of aliphatic hydroxyl groups excluding tert-OH is 2. The number of anilines is 1. The average molecular weight is 573 g/mol. The summed E-state index contributed by atoms with van der Waals surface area (Å²) < 4.78 is 11.6. The summed E-state index contributed by atoms with van der Waals surface area (Å²) in [5.74, 6) is 0.182. The van der Waals surface area contributed by atoms with Crippen molar-refractivity contribution in [2.45, 2.75) is 0 Å². The van der Waals surface area contributed by atoms with E-state index in [1.165, 1.54) is 4.90 Å². The first-order valence-electron chi connectivity index (χ1n) is 11.7. The second kappa shape index (κ2) is 13.2. The highest BCUT2D eigenvalue weighted by Crippen LogP contribution is 2.37. The zero-order chi connectivity index (χ0) is 27.1. The Morgan fingerprint density at radius 1 is 1.08 bits per heavy atom. The van der Waals surface area contributed by atoms with Crippen LogP contribution >= 0.6 is 35.6 Å². The molecule has 1 saturated heterocycles. The van der Waals surface area contributed by atoms with Gasteiger partial charge in [-0.2, -0.15) is 0 Å². The molecule has 1 aliphatic heterocycles. The quantitative estimate of drug-likeness (QED) is 0.196. The molecule has 0 bridgehead atoms. The Kier molecular flexibility index (Phi) is 9.73. The first-order chi connectivity index (χ1) is 18.4. The number of thiocarbonyl (C=S) groups is 1. The Bertz CT molecular complexity index is 1350. The fourth-order valence-electron chi connectivity index (χ4n) is 3.80. The molecule has 2 heterocycles. The van der Waals surface area contributed by atoms with Crippen molar-refractivity contribution in [2.75, 3.05) is 44.4 Å². The van der Waals surface area contributed by atoms with Gasteiger partial charge in [-0.25, -0.2) is 4.79 Å². The molecule has 0 aliphatic carbocycles. The van der Waals surface area contributed by atoms with Crippen LogP contribution < -0.4 is 4.90 Å². The lowest BCUT2D eigenvalue weighted by Crippen LogP contribution is -2.33. The number of rotatable bonds is 11. The lowest BCUT2D eigenvalue weighted by Gasteiger charge is -2.19. The Balaban J connectivity index is 1.44. The number of hydrogen-bond donors (Lipinski definition) is 2. The summed E-state index contributed by atoms with van der Waals surface area (Å²) in [5.41, 5.74) is 1.47. The molecule has 0 radical (unpaired) electrons. The first-order valence-corrected chi connectivity index (χ1v) is 13.4. The van der Waals surface area contributed by atoms with Gasteiger partial charge in [-0.15, -0.1) is 0 Å². The van der Waals surface area contributed by atoms with E-state index >= 15 is 0 Å². The molecule has 2 aromatic carbocycles. The Morgan fingerprint density at radius 3 is 2.58 bits per heavy atom. The van der Waals surface area contributed by atoms with Crippen molar-refractivity contribution >= 4 is 63.5 Å². The van der Waals surface area contributed by atoms with E-state index in [1.807, 2.05) is 18.2 Å². The van der Waals surface area contributed by atoms with Gasteiger partial charge >= 0.3 is 5.97 Å². The molecular weight excluding hydrogens is 548 g/mol. The zero-order valence-corrected chi connectivity index (χ0v) is 22.6. The van der Waals surface area contributed by atoms with E-state index in [2.05, 4.69) is 0 Å². The number of benzene rings is 2. The van der Waals surface area contributed by atoms with E-state index in [0.717, 1.165) is 17.3 Å². The summed E-state index contributed by atoms with van der Waals surface area (Å²) in [6, 6.07) is 17.4. The van der Waals surface area contributed by atoms with Crippen LogP contribution in [0, 0.1) is 0 Å². The standard InChI is InChI=1S/C27H25ClN2O6S2/c28-22-7-2-1-6-21(22)23-9-8-20(36-23)17-24-25(33)30(27(37)38-24)19-5-3-4-18(16-19)26(34)35-15-12-29(10-13-31)11-14-32/h1-9,16-17,31-32H,10-15H2/b24-17+. The Labute approximate surface area is 234 Å². The van der Waals surface area contributed by atoms with Crippen LogP contribution in [0.3, 0.4) is 0 Å². The number of carbonyl (C=O) groups excluding carboxylic acids is 2. The van der Waals surface area contributed by atoms with Crippen molar-refractivity contribution < 1.29 is 29.0 Å². The van der Waals surface area contributed by atoms with E-state index in [1.54, 1.807) is 53.4 Å². The van der Waals surface area contributed by atoms with Crippen LogP contribution in [0.4, 0.5) is 5.69 Å². The average Bonchev–Trinajstić information content (AvgIpc) is 3.48. The number of halogens is 1. The molecular formula is C27H25ClN2O6S2. The third-order valence-corrected chi connectivity index (χ3v) is 7.28. The van der Waals surface area contributed by atoms with Crippen LogP contribution in [0.15, 0.2) is 70.0 Å². The molecule has 1 amide bonds. The molecule has 0 saturated carbocycles. The normalized spacial score (nSPS) is 14.6. The molecule has 4 rings (SSSR count). The Morgan fingerprint density at radius 2 is 1.84 bits per heavy atom. The Hall–Kier alpha value is -2.99. The molecule has 0 spiro atoms. The van der Waals surface area contributed by atoms with Gasteiger partial charge in [0.25, 0.3) is 5.91 Å². The highest BCUT2D eigenvalue weighted by Gasteiger charge is 2.34. The summed E-state index contributed by atoms with van der Waals surface area (Å²) in [6.07, 6.45) is 1.63. The number of aliphatic hydroxyl groups is 2. The van der Waals surface area contributed by atoms with Crippen molar-refractivity contribution in [1.82, 2.24) is 4.90 Å². The van der Waals surface area contributed by atoms with Crippen molar-refractivity contribution in [3.05, 3.63) is 81.9 Å². The summed E-state index contributed by atoms with van der Waals surface area (Å²) in [6.45, 7) is 1.08. The number of ether oxygens (including phenoxy) is 1. The third-order valence-electron chi connectivity index (χ3n) is 5.65. The van der Waals surface area contributed by atoms with E-state index < -0.39 is 5.97 Å². The van der Waals surface area contributed by atoms with Gasteiger partial charge in [-0.1, -0.05) is 53.8 Å². The van der Waals surface area contributed by atoms with Gasteiger partial charge in [-0.05, 0) is 42.5 Å². The monoisotopic (exact) mass is 572 g/mol. The lowest BCUT2D eigenvalue weighted by atomic mass is 10.2. The maximum atomic E-state index is 13.2. The smallest absolute Gasteiger partial charge is 0.338 e. The van der Waals surface area contributed by atoms with Crippen LogP contribution in [0.5, 0.6) is 0 Å². The lowest BCUT2D eigenvalue weighted by molar-refractivity contribution is -0.113. The minimum atomic E-state index is -0.552. The second-order valence-electron chi connectivity index (χ2n) is 8.17. The number of hydrogen-bond acceptors (Lipinski definition) is 9. The van der Waals surface area contributed by atoms with E-state index in [-0.39, 0.29) is 31.3 Å². The number of furan rings is 1. The predicted octanol–water partition coefficient (Wildman–Crippen LogP) is 4.45. The number of carbonyl (C=O) groups is 2. The second-order valence-corrected chi connectivity index (χ2v) is 10.3. The first kappa shape index (κ1) is 28.0. The third kappa shape index (κ3) is 6.71. The molecule has 198 valence electrons. The molecule has 0 atom stereocenters. The topological polar surface area (TPSA) is 103 Å². The molecule has 11 heteroatoms. The minimum Gasteiger partial charge on any atom is -0.461 e. The van der Waals surface area contributed by atoms with Crippen LogP contribution in [0.2, 0.25) is 5.02 Å². The molecule has 2 N–H and O–H groups in total. The van der Waals surface area contributed by atoms with E-state index in [0.29, 0.717) is 51.1 Å². The maximum Gasteiger partial charge on any atom is 0.338 e. The van der Waals surface area contributed by atoms with Gasteiger partial charge in [0.15, 0.2) is 4.32 Å². The predicted molar refractivity (Wildman–Crippen MR) is 152 cm³/mol. The van der Waals surface area contributed by atoms with Gasteiger partial charge in [0, 0.05) is 31.3 Å². The van der Waals surface area contributed by atoms with Gasteiger partial charge < -0.3 is 19.4 Å². The fraction of sp³-hybridized carbons (Fsp3) is 0.222. The van der Waals surface area contributed by atoms with Crippen LogP contribution in [0.25, 0.3) is 17.4 Å². The molecule has 38 heavy (non-hydrogen) atoms. The largest absolute Gasteiger partial charge is 0.461 e. The van der Waals surface area contributed by atoms with Gasteiger partial charge in [0.2, 0.25) is 0 Å². The van der Waals surface area contributed by atoms with E-state index in [9.17, 15) is 9.59 Å².